The summed E-state index contributed by atoms with van der Waals surface area (Å²) in [5.41, 5.74) is 0. The Morgan fingerprint density at radius 3 is 2.67 bits per heavy atom. The summed E-state index contributed by atoms with van der Waals surface area (Å²) in [4.78, 5) is 10.9. The van der Waals surface area contributed by atoms with Gasteiger partial charge in [0.15, 0.2) is 0 Å². The molecule has 15 heavy (non-hydrogen) atoms. The molecule has 1 N–H and O–H groups in total. The van der Waals surface area contributed by atoms with E-state index >= 15 is 0 Å². The summed E-state index contributed by atoms with van der Waals surface area (Å²) in [6, 6.07) is 0.557. The van der Waals surface area contributed by atoms with Crippen molar-refractivity contribution >= 4 is 5.97 Å². The van der Waals surface area contributed by atoms with Crippen LogP contribution in [0.3, 0.4) is 0 Å². The molecule has 0 aromatic rings. The average molecular weight is 213 g/mol. The predicted molar refractivity (Wildman–Crippen MR) is 62.8 cm³/mol. The summed E-state index contributed by atoms with van der Waals surface area (Å²) >= 11 is 0. The third-order valence-corrected chi connectivity index (χ3v) is 2.19. The van der Waals surface area contributed by atoms with Gasteiger partial charge in [-0.15, -0.1) is 0 Å². The molecule has 1 atom stereocenters. The average Bonchev–Trinajstić information content (AvgIpc) is 2.23. The molecule has 0 saturated carbocycles. The Labute approximate surface area is 92.9 Å². The minimum Gasteiger partial charge on any atom is -0.463 e. The molecule has 0 fully saturated rings. The predicted octanol–water partition coefficient (Wildman–Crippen LogP) is 2.27. The van der Waals surface area contributed by atoms with E-state index in [4.69, 9.17) is 4.74 Å². The Hall–Kier alpha value is -0.830. The van der Waals surface area contributed by atoms with E-state index in [-0.39, 0.29) is 5.97 Å². The second-order valence-corrected chi connectivity index (χ2v) is 3.46. The lowest BCUT2D eigenvalue weighted by Gasteiger charge is -2.13. The highest BCUT2D eigenvalue weighted by molar-refractivity contribution is 5.81. The van der Waals surface area contributed by atoms with Crippen LogP contribution < -0.4 is 5.32 Å². The van der Waals surface area contributed by atoms with Crippen molar-refractivity contribution < 1.29 is 9.53 Å². The van der Waals surface area contributed by atoms with Crippen molar-refractivity contribution in [2.45, 2.75) is 46.1 Å². The Morgan fingerprint density at radius 1 is 1.40 bits per heavy atom. The van der Waals surface area contributed by atoms with E-state index < -0.39 is 0 Å². The van der Waals surface area contributed by atoms with Crippen LogP contribution in [0.2, 0.25) is 0 Å². The zero-order valence-corrected chi connectivity index (χ0v) is 10.1. The number of nitrogens with one attached hydrogen (secondary N) is 1. The Balaban J connectivity index is 3.62. The van der Waals surface area contributed by atoms with Gasteiger partial charge in [-0.05, 0) is 19.8 Å². The number of carbonyl (C=O) groups is 1. The number of ether oxygens (including phenoxy) is 1. The van der Waals surface area contributed by atoms with Crippen LogP contribution in [0.25, 0.3) is 0 Å². The first-order chi connectivity index (χ1) is 7.24. The molecule has 0 spiro atoms. The molecule has 0 rings (SSSR count). The molecular weight excluding hydrogens is 190 g/mol. The van der Waals surface area contributed by atoms with Crippen molar-refractivity contribution in [2.75, 3.05) is 13.2 Å². The van der Waals surface area contributed by atoms with E-state index in [9.17, 15) is 4.79 Å². The summed E-state index contributed by atoms with van der Waals surface area (Å²) in [5, 5.41) is 3.37. The van der Waals surface area contributed by atoms with Gasteiger partial charge in [0.1, 0.15) is 0 Å². The minimum atomic E-state index is -0.261. The van der Waals surface area contributed by atoms with Crippen molar-refractivity contribution in [2.24, 2.45) is 0 Å². The topological polar surface area (TPSA) is 38.3 Å². The van der Waals surface area contributed by atoms with E-state index in [0.29, 0.717) is 12.6 Å². The van der Waals surface area contributed by atoms with Gasteiger partial charge in [0.2, 0.25) is 0 Å². The Morgan fingerprint density at radius 2 is 2.13 bits per heavy atom. The maximum Gasteiger partial charge on any atom is 0.330 e. The van der Waals surface area contributed by atoms with Gasteiger partial charge >= 0.3 is 5.97 Å². The summed E-state index contributed by atoms with van der Waals surface area (Å²) in [5.74, 6) is -0.261. The van der Waals surface area contributed by atoms with Gasteiger partial charge in [-0.3, -0.25) is 0 Å². The van der Waals surface area contributed by atoms with Gasteiger partial charge < -0.3 is 10.1 Å². The number of hydrogen-bond acceptors (Lipinski definition) is 3. The van der Waals surface area contributed by atoms with Crippen LogP contribution in [0.5, 0.6) is 0 Å². The molecule has 0 aliphatic rings. The van der Waals surface area contributed by atoms with E-state index in [1.165, 1.54) is 18.9 Å². The highest BCUT2D eigenvalue weighted by Crippen LogP contribution is 1.99. The highest BCUT2D eigenvalue weighted by Gasteiger charge is 2.01. The third-order valence-electron chi connectivity index (χ3n) is 2.19. The molecule has 0 heterocycles. The monoisotopic (exact) mass is 213 g/mol. The lowest BCUT2D eigenvalue weighted by atomic mass is 10.1. The SMILES string of the molecule is CCCC(CC)NC/C=C/C(=O)OCC. The zero-order valence-electron chi connectivity index (χ0n) is 10.1. The smallest absolute Gasteiger partial charge is 0.330 e. The first-order valence-corrected chi connectivity index (χ1v) is 5.81. The maximum atomic E-state index is 10.9. The number of hydrogen-bond donors (Lipinski definition) is 1. The van der Waals surface area contributed by atoms with Crippen LogP contribution in [0, 0.1) is 0 Å². The van der Waals surface area contributed by atoms with Gasteiger partial charge in [0.05, 0.1) is 6.61 Å². The van der Waals surface area contributed by atoms with Gasteiger partial charge in [-0.25, -0.2) is 4.79 Å². The standard InChI is InChI=1S/C12H23NO2/c1-4-8-11(5-2)13-10-7-9-12(14)15-6-3/h7,9,11,13H,4-6,8,10H2,1-3H3/b9-7+. The lowest BCUT2D eigenvalue weighted by Crippen LogP contribution is -2.28. The fourth-order valence-electron chi connectivity index (χ4n) is 1.38. The van der Waals surface area contributed by atoms with Crippen molar-refractivity contribution in [1.82, 2.24) is 5.32 Å². The molecule has 0 aliphatic heterocycles. The summed E-state index contributed by atoms with van der Waals surface area (Å²) in [6.07, 6.45) is 6.80. The number of rotatable bonds is 8. The van der Waals surface area contributed by atoms with Crippen LogP contribution in [0.4, 0.5) is 0 Å². The molecule has 1 unspecified atom stereocenters. The van der Waals surface area contributed by atoms with E-state index in [1.54, 1.807) is 6.92 Å². The van der Waals surface area contributed by atoms with E-state index in [1.807, 2.05) is 6.08 Å². The summed E-state index contributed by atoms with van der Waals surface area (Å²) in [7, 11) is 0. The summed E-state index contributed by atoms with van der Waals surface area (Å²) in [6.45, 7) is 7.32. The quantitative estimate of drug-likeness (QED) is 0.496. The molecule has 0 aromatic carbocycles. The molecule has 0 radical (unpaired) electrons. The second-order valence-electron chi connectivity index (χ2n) is 3.46. The molecule has 88 valence electrons. The Kier molecular flexibility index (Phi) is 9.18. The molecular formula is C12H23NO2. The van der Waals surface area contributed by atoms with Crippen LogP contribution >= 0.6 is 0 Å². The molecule has 3 nitrogen and oxygen atoms in total. The Bertz CT molecular complexity index is 190. The third kappa shape index (κ3) is 8.18. The highest BCUT2D eigenvalue weighted by atomic mass is 16.5. The fourth-order valence-corrected chi connectivity index (χ4v) is 1.38. The summed E-state index contributed by atoms with van der Waals surface area (Å²) < 4.78 is 4.77. The molecule has 0 amide bonds. The molecule has 0 bridgehead atoms. The first kappa shape index (κ1) is 14.2. The minimum absolute atomic E-state index is 0.261. The molecule has 3 heteroatoms. The second kappa shape index (κ2) is 9.71. The van der Waals surface area contributed by atoms with Crippen LogP contribution in [-0.2, 0) is 9.53 Å². The number of esters is 1. The van der Waals surface area contributed by atoms with Crippen LogP contribution in [-0.4, -0.2) is 25.2 Å². The lowest BCUT2D eigenvalue weighted by molar-refractivity contribution is -0.137. The fraction of sp³-hybridized carbons (Fsp3) is 0.750. The number of carbonyl (C=O) groups excluding carboxylic acids is 1. The van der Waals surface area contributed by atoms with Gasteiger partial charge in [0, 0.05) is 18.7 Å². The van der Waals surface area contributed by atoms with Crippen LogP contribution in [0.1, 0.15) is 40.0 Å². The van der Waals surface area contributed by atoms with Crippen molar-refractivity contribution in [3.05, 3.63) is 12.2 Å². The van der Waals surface area contributed by atoms with Crippen molar-refractivity contribution in [3.63, 3.8) is 0 Å². The van der Waals surface area contributed by atoms with E-state index in [0.717, 1.165) is 13.0 Å². The normalized spacial score (nSPS) is 13.0. The molecule has 0 aliphatic carbocycles. The van der Waals surface area contributed by atoms with Crippen molar-refractivity contribution in [3.8, 4) is 0 Å². The van der Waals surface area contributed by atoms with E-state index in [2.05, 4.69) is 19.2 Å². The molecule has 0 saturated heterocycles. The largest absolute Gasteiger partial charge is 0.463 e. The molecule has 0 aromatic heterocycles. The van der Waals surface area contributed by atoms with Crippen LogP contribution in [0.15, 0.2) is 12.2 Å². The van der Waals surface area contributed by atoms with Crippen molar-refractivity contribution in [1.29, 1.82) is 0 Å². The van der Waals surface area contributed by atoms with Gasteiger partial charge in [0.25, 0.3) is 0 Å². The van der Waals surface area contributed by atoms with Gasteiger partial charge in [-0.2, -0.15) is 0 Å². The first-order valence-electron chi connectivity index (χ1n) is 5.81. The maximum absolute atomic E-state index is 10.9. The van der Waals surface area contributed by atoms with Gasteiger partial charge in [-0.1, -0.05) is 26.3 Å². The zero-order chi connectivity index (χ0) is 11.5.